The van der Waals surface area contributed by atoms with Gasteiger partial charge in [0.2, 0.25) is 0 Å². The van der Waals surface area contributed by atoms with Crippen LogP contribution >= 0.6 is 0 Å². The van der Waals surface area contributed by atoms with Crippen LogP contribution in [0.2, 0.25) is 0 Å². The Balaban J connectivity index is 2.21. The van der Waals surface area contributed by atoms with Crippen molar-refractivity contribution in [1.82, 2.24) is 9.88 Å². The summed E-state index contributed by atoms with van der Waals surface area (Å²) in [5, 5.41) is 10.1. The number of aromatic nitrogens is 1. The minimum absolute atomic E-state index is 0.131. The number of pyridine rings is 1. The fourth-order valence-corrected chi connectivity index (χ4v) is 3.14. The summed E-state index contributed by atoms with van der Waals surface area (Å²) >= 11 is 0. The quantitative estimate of drug-likeness (QED) is 0.938. The monoisotopic (exact) mass is 300 g/mol. The average molecular weight is 300 g/mol. The van der Waals surface area contributed by atoms with E-state index in [9.17, 15) is 4.79 Å². The highest BCUT2D eigenvalue weighted by Crippen LogP contribution is 2.32. The molecule has 1 aromatic heterocycles. The number of hydrogen-bond donors (Lipinski definition) is 1. The highest BCUT2D eigenvalue weighted by molar-refractivity contribution is 5.89. The van der Waals surface area contributed by atoms with Gasteiger partial charge in [0.1, 0.15) is 11.3 Å². The number of fused-ring (bicyclic) bond motifs is 2. The molecule has 1 aliphatic heterocycles. The average Bonchev–Trinajstić information content (AvgIpc) is 2.51. The first kappa shape index (κ1) is 14.8. The minimum atomic E-state index is -0.772. The van der Waals surface area contributed by atoms with Crippen LogP contribution in [0.5, 0.6) is 5.75 Å². The molecule has 0 atom stereocenters. The Hall–Kier alpha value is -2.14. The van der Waals surface area contributed by atoms with Crippen molar-refractivity contribution in [3.05, 3.63) is 35.0 Å². The minimum Gasteiger partial charge on any atom is -0.494 e. The Kier molecular flexibility index (Phi) is 3.98. The van der Waals surface area contributed by atoms with Crippen molar-refractivity contribution in [2.75, 3.05) is 20.7 Å². The maximum absolute atomic E-state index is 11.0. The second-order valence-electron chi connectivity index (χ2n) is 5.75. The number of ether oxygens (including phenoxy) is 1. The van der Waals surface area contributed by atoms with E-state index in [0.29, 0.717) is 6.42 Å². The largest absolute Gasteiger partial charge is 0.494 e. The molecule has 0 saturated heterocycles. The van der Waals surface area contributed by atoms with E-state index in [1.165, 1.54) is 5.56 Å². The molecule has 0 saturated carbocycles. The van der Waals surface area contributed by atoms with Crippen molar-refractivity contribution < 1.29 is 14.6 Å². The summed E-state index contributed by atoms with van der Waals surface area (Å²) in [4.78, 5) is 18.1. The molecular weight excluding hydrogens is 280 g/mol. The van der Waals surface area contributed by atoms with Crippen LogP contribution in [-0.2, 0) is 24.2 Å². The molecule has 0 amide bonds. The van der Waals surface area contributed by atoms with Crippen molar-refractivity contribution >= 4 is 16.9 Å². The Labute approximate surface area is 129 Å². The van der Waals surface area contributed by atoms with Crippen LogP contribution in [0.1, 0.15) is 23.2 Å². The maximum atomic E-state index is 11.0. The molecule has 0 spiro atoms. The van der Waals surface area contributed by atoms with Crippen LogP contribution in [-0.4, -0.2) is 41.7 Å². The van der Waals surface area contributed by atoms with Gasteiger partial charge in [0.25, 0.3) is 0 Å². The number of rotatable bonds is 4. The van der Waals surface area contributed by atoms with Crippen LogP contribution in [0.3, 0.4) is 0 Å². The third kappa shape index (κ3) is 2.64. The Bertz CT molecular complexity index is 727. The van der Waals surface area contributed by atoms with Gasteiger partial charge in [-0.3, -0.25) is 4.79 Å². The SMILES string of the molecule is COc1cccc2c(CCC(=O)O)c3c(nc12)CCN(C)C3. The summed E-state index contributed by atoms with van der Waals surface area (Å²) in [6.45, 7) is 1.80. The van der Waals surface area contributed by atoms with Gasteiger partial charge in [0, 0.05) is 37.0 Å². The highest BCUT2D eigenvalue weighted by Gasteiger charge is 2.22. The van der Waals surface area contributed by atoms with Gasteiger partial charge < -0.3 is 14.7 Å². The van der Waals surface area contributed by atoms with Gasteiger partial charge in [-0.25, -0.2) is 4.98 Å². The second-order valence-corrected chi connectivity index (χ2v) is 5.75. The molecule has 1 N–H and O–H groups in total. The first-order chi connectivity index (χ1) is 10.6. The van der Waals surface area contributed by atoms with Gasteiger partial charge in [-0.2, -0.15) is 0 Å². The molecule has 116 valence electrons. The summed E-state index contributed by atoms with van der Waals surface area (Å²) in [6.07, 6.45) is 1.55. The molecule has 5 heteroatoms. The van der Waals surface area contributed by atoms with Crippen LogP contribution in [0.4, 0.5) is 0 Å². The smallest absolute Gasteiger partial charge is 0.303 e. The molecule has 0 bridgehead atoms. The molecule has 0 aliphatic carbocycles. The number of likely N-dealkylation sites (N-methyl/N-ethyl adjacent to an activating group) is 1. The number of hydrogen-bond acceptors (Lipinski definition) is 4. The lowest BCUT2D eigenvalue weighted by molar-refractivity contribution is -0.136. The van der Waals surface area contributed by atoms with Crippen LogP contribution < -0.4 is 4.74 Å². The Morgan fingerprint density at radius 2 is 2.27 bits per heavy atom. The van der Waals surface area contributed by atoms with E-state index in [-0.39, 0.29) is 6.42 Å². The Morgan fingerprint density at radius 3 is 3.00 bits per heavy atom. The van der Waals surface area contributed by atoms with Crippen LogP contribution in [0, 0.1) is 0 Å². The maximum Gasteiger partial charge on any atom is 0.303 e. The number of carboxylic acids is 1. The lowest BCUT2D eigenvalue weighted by Crippen LogP contribution is -2.28. The number of carboxylic acid groups (broad SMARTS) is 1. The van der Waals surface area contributed by atoms with Gasteiger partial charge in [0.15, 0.2) is 0 Å². The summed E-state index contributed by atoms with van der Waals surface area (Å²) in [6, 6.07) is 5.85. The molecule has 1 aromatic carbocycles. The molecule has 0 fully saturated rings. The van der Waals surface area contributed by atoms with Gasteiger partial charge >= 0.3 is 5.97 Å². The third-order valence-corrected chi connectivity index (χ3v) is 4.25. The molecule has 2 aromatic rings. The van der Waals surface area contributed by atoms with E-state index in [2.05, 4.69) is 11.9 Å². The zero-order chi connectivity index (χ0) is 15.7. The predicted molar refractivity (Wildman–Crippen MR) is 84.3 cm³/mol. The Morgan fingerprint density at radius 1 is 1.45 bits per heavy atom. The number of methoxy groups -OCH3 is 1. The second kappa shape index (κ2) is 5.93. The topological polar surface area (TPSA) is 62.7 Å². The number of aryl methyl sites for hydroxylation is 1. The number of carbonyl (C=O) groups is 1. The van der Waals surface area contributed by atoms with E-state index in [1.54, 1.807) is 7.11 Å². The lowest BCUT2D eigenvalue weighted by atomic mass is 9.93. The number of para-hydroxylation sites is 1. The van der Waals surface area contributed by atoms with Crippen molar-refractivity contribution in [2.24, 2.45) is 0 Å². The first-order valence-electron chi connectivity index (χ1n) is 7.48. The van der Waals surface area contributed by atoms with E-state index >= 15 is 0 Å². The zero-order valence-corrected chi connectivity index (χ0v) is 12.9. The molecule has 2 heterocycles. The lowest BCUT2D eigenvalue weighted by Gasteiger charge is -2.27. The van der Waals surface area contributed by atoms with Crippen molar-refractivity contribution in [3.8, 4) is 5.75 Å². The fourth-order valence-electron chi connectivity index (χ4n) is 3.14. The molecule has 22 heavy (non-hydrogen) atoms. The number of benzene rings is 1. The van der Waals surface area contributed by atoms with Gasteiger partial charge in [-0.1, -0.05) is 12.1 Å². The zero-order valence-electron chi connectivity index (χ0n) is 12.9. The molecular formula is C17H20N2O3. The summed E-state index contributed by atoms with van der Waals surface area (Å²) in [7, 11) is 3.72. The van der Waals surface area contributed by atoms with Crippen molar-refractivity contribution in [1.29, 1.82) is 0 Å². The number of aliphatic carboxylic acids is 1. The van der Waals surface area contributed by atoms with E-state index in [1.807, 2.05) is 18.2 Å². The van der Waals surface area contributed by atoms with Crippen molar-refractivity contribution in [2.45, 2.75) is 25.8 Å². The highest BCUT2D eigenvalue weighted by atomic mass is 16.5. The third-order valence-electron chi connectivity index (χ3n) is 4.25. The summed E-state index contributed by atoms with van der Waals surface area (Å²) < 4.78 is 5.43. The molecule has 0 unspecified atom stereocenters. The van der Waals surface area contributed by atoms with Crippen LogP contribution in [0.15, 0.2) is 18.2 Å². The van der Waals surface area contributed by atoms with Crippen LogP contribution in [0.25, 0.3) is 10.9 Å². The van der Waals surface area contributed by atoms with E-state index in [0.717, 1.165) is 47.4 Å². The predicted octanol–water partition coefficient (Wildman–Crippen LogP) is 2.25. The van der Waals surface area contributed by atoms with E-state index < -0.39 is 5.97 Å². The van der Waals surface area contributed by atoms with Gasteiger partial charge in [0.05, 0.1) is 7.11 Å². The normalized spacial score (nSPS) is 14.8. The van der Waals surface area contributed by atoms with Gasteiger partial charge in [-0.15, -0.1) is 0 Å². The summed E-state index contributed by atoms with van der Waals surface area (Å²) in [5.41, 5.74) is 4.22. The first-order valence-corrected chi connectivity index (χ1v) is 7.48. The van der Waals surface area contributed by atoms with Gasteiger partial charge in [-0.05, 0) is 30.7 Å². The number of nitrogens with zero attached hydrogens (tertiary/aromatic N) is 2. The summed E-state index contributed by atoms with van der Waals surface area (Å²) in [5.74, 6) is -0.0263. The molecule has 0 radical (unpaired) electrons. The standard InChI is InChI=1S/C17H20N2O3/c1-19-9-8-14-13(10-19)11(6-7-16(20)21)12-4-3-5-15(22-2)17(12)18-14/h3-5H,6-10H2,1-2H3,(H,20,21). The fraction of sp³-hybridized carbons (Fsp3) is 0.412. The molecule has 3 rings (SSSR count). The van der Waals surface area contributed by atoms with Crippen molar-refractivity contribution in [3.63, 3.8) is 0 Å². The van der Waals surface area contributed by atoms with E-state index in [4.69, 9.17) is 14.8 Å². The molecule has 1 aliphatic rings. The molecule has 5 nitrogen and oxygen atoms in total.